The summed E-state index contributed by atoms with van der Waals surface area (Å²) in [7, 11) is 0. The van der Waals surface area contributed by atoms with Crippen LogP contribution in [0.5, 0.6) is 0 Å². The van der Waals surface area contributed by atoms with Crippen LogP contribution in [0.4, 0.5) is 0 Å². The van der Waals surface area contributed by atoms with Gasteiger partial charge in [0, 0.05) is 6.54 Å². The first-order chi connectivity index (χ1) is 9.24. The Hall–Kier alpha value is -1.82. The molecule has 0 aliphatic heterocycles. The smallest absolute Gasteiger partial charge is 0.255 e. The van der Waals surface area contributed by atoms with E-state index in [2.05, 4.69) is 10.6 Å². The van der Waals surface area contributed by atoms with E-state index in [0.717, 1.165) is 0 Å². The van der Waals surface area contributed by atoms with Crippen molar-refractivity contribution >= 4 is 11.8 Å². The molecule has 1 rings (SSSR count). The number of aryl methyl sites for hydroxylation is 1. The number of nitrogens with one attached hydrogen (secondary N) is 2. The fourth-order valence-electron chi connectivity index (χ4n) is 1.42. The monoisotopic (exact) mass is 282 g/mol. The number of carbonyl (C=O) groups is 2. The zero-order chi connectivity index (χ0) is 15.3. The molecular weight excluding hydrogens is 260 g/mol. The fraction of sp³-hybridized carbons (Fsp3) is 0.571. The van der Waals surface area contributed by atoms with E-state index in [1.807, 2.05) is 13.8 Å². The highest BCUT2D eigenvalue weighted by atomic mass is 16.3. The van der Waals surface area contributed by atoms with Crippen LogP contribution in [0.1, 0.15) is 36.9 Å². The molecule has 0 aliphatic rings. The van der Waals surface area contributed by atoms with Crippen LogP contribution in [0.15, 0.2) is 16.7 Å². The topological polar surface area (TPSA) is 91.6 Å². The van der Waals surface area contributed by atoms with E-state index < -0.39 is 5.60 Å². The zero-order valence-electron chi connectivity index (χ0n) is 12.3. The molecule has 2 amide bonds. The molecule has 0 saturated heterocycles. The highest BCUT2D eigenvalue weighted by molar-refractivity contribution is 5.97. The average molecular weight is 282 g/mol. The quantitative estimate of drug-likeness (QED) is 0.721. The summed E-state index contributed by atoms with van der Waals surface area (Å²) in [5, 5.41) is 15.1. The molecule has 6 nitrogen and oxygen atoms in total. The van der Waals surface area contributed by atoms with E-state index in [9.17, 15) is 14.7 Å². The number of amides is 2. The van der Waals surface area contributed by atoms with E-state index in [-0.39, 0.29) is 30.8 Å². The lowest BCUT2D eigenvalue weighted by Gasteiger charge is -2.27. The molecule has 20 heavy (non-hydrogen) atoms. The van der Waals surface area contributed by atoms with Gasteiger partial charge in [0.2, 0.25) is 5.91 Å². The third kappa shape index (κ3) is 4.38. The van der Waals surface area contributed by atoms with Crippen LogP contribution in [0.2, 0.25) is 0 Å². The number of hydrogen-bond donors (Lipinski definition) is 3. The molecule has 0 fully saturated rings. The maximum absolute atomic E-state index is 11.7. The second-order valence-electron chi connectivity index (χ2n) is 5.36. The second-order valence-corrected chi connectivity index (χ2v) is 5.36. The largest absolute Gasteiger partial charge is 0.469 e. The Kier molecular flexibility index (Phi) is 5.33. The molecule has 1 aromatic heterocycles. The summed E-state index contributed by atoms with van der Waals surface area (Å²) in [4.78, 5) is 23.4. The summed E-state index contributed by atoms with van der Waals surface area (Å²) in [6.07, 6.45) is 1.42. The number of carbonyl (C=O) groups excluding carboxylic acids is 2. The molecule has 1 unspecified atom stereocenters. The van der Waals surface area contributed by atoms with Crippen molar-refractivity contribution in [2.24, 2.45) is 5.92 Å². The summed E-state index contributed by atoms with van der Waals surface area (Å²) in [5.74, 6) is -0.181. The molecule has 0 aromatic carbocycles. The van der Waals surface area contributed by atoms with Crippen molar-refractivity contribution in [3.05, 3.63) is 23.7 Å². The minimum Gasteiger partial charge on any atom is -0.469 e. The maximum Gasteiger partial charge on any atom is 0.255 e. The van der Waals surface area contributed by atoms with Crippen LogP contribution in [-0.4, -0.2) is 35.6 Å². The molecular formula is C14H22N2O4. The van der Waals surface area contributed by atoms with Crippen LogP contribution in [0.3, 0.4) is 0 Å². The highest BCUT2D eigenvalue weighted by Crippen LogP contribution is 2.14. The zero-order valence-corrected chi connectivity index (χ0v) is 12.3. The third-order valence-corrected chi connectivity index (χ3v) is 3.40. The predicted octanol–water partition coefficient (Wildman–Crippen LogP) is 0.841. The molecule has 0 aliphatic carbocycles. The van der Waals surface area contributed by atoms with Crippen molar-refractivity contribution in [2.75, 3.05) is 13.1 Å². The Balaban J connectivity index is 2.38. The van der Waals surface area contributed by atoms with Gasteiger partial charge in [-0.15, -0.1) is 0 Å². The van der Waals surface area contributed by atoms with Gasteiger partial charge in [-0.2, -0.15) is 0 Å². The Morgan fingerprint density at radius 2 is 2.05 bits per heavy atom. The number of aliphatic hydroxyl groups is 1. The summed E-state index contributed by atoms with van der Waals surface area (Å²) in [6.45, 7) is 7.08. The molecule has 3 N–H and O–H groups in total. The van der Waals surface area contributed by atoms with Gasteiger partial charge in [-0.05, 0) is 25.8 Å². The van der Waals surface area contributed by atoms with Crippen molar-refractivity contribution in [2.45, 2.75) is 33.3 Å². The molecule has 0 bridgehead atoms. The number of rotatable bonds is 6. The minimum atomic E-state index is -0.971. The van der Waals surface area contributed by atoms with E-state index in [0.29, 0.717) is 11.3 Å². The lowest BCUT2D eigenvalue weighted by atomic mass is 9.92. The number of hydrogen-bond acceptors (Lipinski definition) is 4. The lowest BCUT2D eigenvalue weighted by Crippen LogP contribution is -2.47. The van der Waals surface area contributed by atoms with Crippen molar-refractivity contribution in [3.8, 4) is 0 Å². The lowest BCUT2D eigenvalue weighted by molar-refractivity contribution is -0.121. The van der Waals surface area contributed by atoms with Crippen molar-refractivity contribution < 1.29 is 19.1 Å². The SMILES string of the molecule is Cc1occc1C(=O)NCC(=O)NCC(C)(O)C(C)C. The first kappa shape index (κ1) is 16.2. The molecule has 0 saturated carbocycles. The van der Waals surface area contributed by atoms with Gasteiger partial charge in [0.1, 0.15) is 5.76 Å². The van der Waals surface area contributed by atoms with Gasteiger partial charge in [0.05, 0.1) is 24.0 Å². The molecule has 6 heteroatoms. The normalized spacial score (nSPS) is 13.9. The summed E-state index contributed by atoms with van der Waals surface area (Å²) in [6, 6.07) is 1.55. The van der Waals surface area contributed by atoms with Gasteiger partial charge in [0.15, 0.2) is 0 Å². The van der Waals surface area contributed by atoms with Crippen LogP contribution in [0.25, 0.3) is 0 Å². The minimum absolute atomic E-state index is 0.0194. The Bertz CT molecular complexity index is 477. The molecule has 1 heterocycles. The molecule has 1 aromatic rings. The molecule has 0 radical (unpaired) electrons. The summed E-state index contributed by atoms with van der Waals surface area (Å²) in [5.41, 5.74) is -0.562. The third-order valence-electron chi connectivity index (χ3n) is 3.40. The van der Waals surface area contributed by atoms with Gasteiger partial charge in [-0.1, -0.05) is 13.8 Å². The van der Waals surface area contributed by atoms with Crippen LogP contribution < -0.4 is 10.6 Å². The first-order valence-corrected chi connectivity index (χ1v) is 6.55. The summed E-state index contributed by atoms with van der Waals surface area (Å²) < 4.78 is 5.02. The predicted molar refractivity (Wildman–Crippen MR) is 74.2 cm³/mol. The van der Waals surface area contributed by atoms with Gasteiger partial charge in [0.25, 0.3) is 5.91 Å². The Morgan fingerprint density at radius 1 is 1.40 bits per heavy atom. The maximum atomic E-state index is 11.7. The van der Waals surface area contributed by atoms with Crippen LogP contribution in [0, 0.1) is 12.8 Å². The van der Waals surface area contributed by atoms with E-state index in [1.54, 1.807) is 19.9 Å². The average Bonchev–Trinajstić information content (AvgIpc) is 2.79. The van der Waals surface area contributed by atoms with Gasteiger partial charge < -0.3 is 20.2 Å². The Morgan fingerprint density at radius 3 is 2.55 bits per heavy atom. The highest BCUT2D eigenvalue weighted by Gasteiger charge is 2.25. The Labute approximate surface area is 118 Å². The molecule has 0 spiro atoms. The van der Waals surface area contributed by atoms with Crippen molar-refractivity contribution in [1.82, 2.24) is 10.6 Å². The number of furan rings is 1. The first-order valence-electron chi connectivity index (χ1n) is 6.55. The summed E-state index contributed by atoms with van der Waals surface area (Å²) >= 11 is 0. The van der Waals surface area contributed by atoms with E-state index >= 15 is 0 Å². The van der Waals surface area contributed by atoms with Crippen LogP contribution in [-0.2, 0) is 4.79 Å². The fourth-order valence-corrected chi connectivity index (χ4v) is 1.42. The van der Waals surface area contributed by atoms with E-state index in [1.165, 1.54) is 6.26 Å². The van der Waals surface area contributed by atoms with Crippen molar-refractivity contribution in [1.29, 1.82) is 0 Å². The molecule has 1 atom stereocenters. The second kappa shape index (κ2) is 6.56. The van der Waals surface area contributed by atoms with Gasteiger partial charge >= 0.3 is 0 Å². The standard InChI is InChI=1S/C14H22N2O4/c1-9(2)14(4,19)8-16-12(17)7-15-13(18)11-5-6-20-10(11)3/h5-6,9,19H,7-8H2,1-4H3,(H,15,18)(H,16,17). The van der Waals surface area contributed by atoms with Crippen LogP contribution >= 0.6 is 0 Å². The van der Waals surface area contributed by atoms with Crippen molar-refractivity contribution in [3.63, 3.8) is 0 Å². The molecule has 112 valence electrons. The van der Waals surface area contributed by atoms with E-state index in [4.69, 9.17) is 4.42 Å². The van der Waals surface area contributed by atoms with Gasteiger partial charge in [-0.3, -0.25) is 9.59 Å². The van der Waals surface area contributed by atoms with Gasteiger partial charge in [-0.25, -0.2) is 0 Å².